The first-order chi connectivity index (χ1) is 10.2. The summed E-state index contributed by atoms with van der Waals surface area (Å²) >= 11 is 0. The van der Waals surface area contributed by atoms with Crippen LogP contribution in [0.1, 0.15) is 17.8 Å². The molecule has 1 amide bonds. The van der Waals surface area contributed by atoms with E-state index in [0.717, 1.165) is 30.8 Å². The van der Waals surface area contributed by atoms with E-state index in [4.69, 9.17) is 0 Å². The number of aromatic nitrogens is 3. The molecule has 0 fully saturated rings. The molecule has 0 radical (unpaired) electrons. The Bertz CT molecular complexity index is 636. The van der Waals surface area contributed by atoms with Gasteiger partial charge in [0.1, 0.15) is 6.33 Å². The first-order valence-corrected chi connectivity index (χ1v) is 7.19. The monoisotopic (exact) mass is 285 g/mol. The van der Waals surface area contributed by atoms with E-state index >= 15 is 0 Å². The van der Waals surface area contributed by atoms with Crippen molar-refractivity contribution >= 4 is 11.6 Å². The molecule has 0 saturated heterocycles. The topological polar surface area (TPSA) is 71.8 Å². The van der Waals surface area contributed by atoms with Gasteiger partial charge < -0.3 is 10.6 Å². The van der Waals surface area contributed by atoms with E-state index in [9.17, 15) is 4.79 Å². The summed E-state index contributed by atoms with van der Waals surface area (Å²) in [7, 11) is 1.85. The second kappa shape index (κ2) is 6.05. The molecule has 1 aliphatic heterocycles. The van der Waals surface area contributed by atoms with E-state index in [1.165, 1.54) is 5.56 Å². The van der Waals surface area contributed by atoms with Crippen LogP contribution in [0.5, 0.6) is 0 Å². The van der Waals surface area contributed by atoms with Crippen LogP contribution < -0.4 is 10.6 Å². The lowest BCUT2D eigenvalue weighted by Crippen LogP contribution is -2.40. The number of aryl methyl sites for hydroxylation is 2. The number of carbonyl (C=O) groups is 1. The van der Waals surface area contributed by atoms with Crippen molar-refractivity contribution in [3.63, 3.8) is 0 Å². The summed E-state index contributed by atoms with van der Waals surface area (Å²) in [6.07, 6.45) is 4.11. The van der Waals surface area contributed by atoms with Crippen LogP contribution in [-0.2, 0) is 24.7 Å². The molecule has 2 N–H and O–H groups in total. The molecule has 110 valence electrons. The second-order valence-corrected chi connectivity index (χ2v) is 5.28. The largest absolute Gasteiger partial charge is 0.324 e. The quantitative estimate of drug-likeness (QED) is 0.875. The molecule has 6 heteroatoms. The summed E-state index contributed by atoms with van der Waals surface area (Å²) < 4.78 is 1.68. The SMILES string of the molecule is Cn1cnc(CCNC2CCc3ccccc3NC2=O)n1. The third-order valence-electron chi connectivity index (χ3n) is 3.68. The number of benzene rings is 1. The van der Waals surface area contributed by atoms with Crippen molar-refractivity contribution in [3.05, 3.63) is 42.0 Å². The molecule has 0 bridgehead atoms. The third kappa shape index (κ3) is 3.28. The van der Waals surface area contributed by atoms with Crippen LogP contribution in [0.2, 0.25) is 0 Å². The van der Waals surface area contributed by atoms with E-state index in [0.29, 0.717) is 6.54 Å². The van der Waals surface area contributed by atoms with Crippen LogP contribution in [0.15, 0.2) is 30.6 Å². The molecule has 6 nitrogen and oxygen atoms in total. The molecule has 2 aromatic rings. The Morgan fingerprint density at radius 2 is 2.29 bits per heavy atom. The summed E-state index contributed by atoms with van der Waals surface area (Å²) in [4.78, 5) is 16.4. The van der Waals surface area contributed by atoms with Gasteiger partial charge in [0.25, 0.3) is 0 Å². The first kappa shape index (κ1) is 13.8. The van der Waals surface area contributed by atoms with Gasteiger partial charge >= 0.3 is 0 Å². The molecule has 3 rings (SSSR count). The van der Waals surface area contributed by atoms with Gasteiger partial charge in [0, 0.05) is 25.7 Å². The summed E-state index contributed by atoms with van der Waals surface area (Å²) in [5.74, 6) is 0.830. The standard InChI is InChI=1S/C15H19N5O/c1-20-10-17-14(19-20)8-9-16-13-7-6-11-4-2-3-5-12(11)18-15(13)21/h2-5,10,13,16H,6-9H2,1H3,(H,18,21). The van der Waals surface area contributed by atoms with Crippen LogP contribution in [0.25, 0.3) is 0 Å². The van der Waals surface area contributed by atoms with E-state index in [-0.39, 0.29) is 11.9 Å². The number of amides is 1. The van der Waals surface area contributed by atoms with Crippen molar-refractivity contribution in [3.8, 4) is 0 Å². The lowest BCUT2D eigenvalue weighted by Gasteiger charge is -2.14. The number of nitrogens with zero attached hydrogens (tertiary/aromatic N) is 3. The van der Waals surface area contributed by atoms with Crippen molar-refractivity contribution in [2.45, 2.75) is 25.3 Å². The number of hydrogen-bond donors (Lipinski definition) is 2. The Morgan fingerprint density at radius 1 is 1.43 bits per heavy atom. The van der Waals surface area contributed by atoms with Crippen molar-refractivity contribution in [1.29, 1.82) is 0 Å². The minimum Gasteiger partial charge on any atom is -0.324 e. The molecule has 0 spiro atoms. The van der Waals surface area contributed by atoms with Gasteiger partial charge in [0.05, 0.1) is 6.04 Å². The molecule has 1 unspecified atom stereocenters. The van der Waals surface area contributed by atoms with Crippen LogP contribution in [-0.4, -0.2) is 33.3 Å². The fourth-order valence-corrected chi connectivity index (χ4v) is 2.56. The van der Waals surface area contributed by atoms with Crippen molar-refractivity contribution < 1.29 is 4.79 Å². The first-order valence-electron chi connectivity index (χ1n) is 7.19. The fraction of sp³-hybridized carbons (Fsp3) is 0.400. The number of para-hydroxylation sites is 1. The normalized spacial score (nSPS) is 18.0. The highest BCUT2D eigenvalue weighted by Gasteiger charge is 2.22. The van der Waals surface area contributed by atoms with Gasteiger partial charge in [-0.05, 0) is 24.5 Å². The molecule has 21 heavy (non-hydrogen) atoms. The Morgan fingerprint density at radius 3 is 3.10 bits per heavy atom. The van der Waals surface area contributed by atoms with Gasteiger partial charge in [0.15, 0.2) is 5.82 Å². The van der Waals surface area contributed by atoms with E-state index in [2.05, 4.69) is 26.8 Å². The maximum absolute atomic E-state index is 12.2. The number of carbonyl (C=O) groups excluding carboxylic acids is 1. The average molecular weight is 285 g/mol. The summed E-state index contributed by atoms with van der Waals surface area (Å²) in [6.45, 7) is 0.693. The average Bonchev–Trinajstić information content (AvgIpc) is 2.81. The molecule has 0 saturated carbocycles. The molecule has 0 aliphatic carbocycles. The smallest absolute Gasteiger partial charge is 0.241 e. The Balaban J connectivity index is 1.56. The predicted octanol–water partition coefficient (Wildman–Crippen LogP) is 0.901. The van der Waals surface area contributed by atoms with Gasteiger partial charge in [-0.3, -0.25) is 9.48 Å². The van der Waals surface area contributed by atoms with Gasteiger partial charge in [-0.25, -0.2) is 4.98 Å². The number of rotatable bonds is 4. The lowest BCUT2D eigenvalue weighted by molar-refractivity contribution is -0.118. The highest BCUT2D eigenvalue weighted by atomic mass is 16.2. The molecule has 1 atom stereocenters. The van der Waals surface area contributed by atoms with Gasteiger partial charge in [0.2, 0.25) is 5.91 Å². The van der Waals surface area contributed by atoms with E-state index < -0.39 is 0 Å². The Labute approximate surface area is 123 Å². The zero-order valence-electron chi connectivity index (χ0n) is 12.0. The molecule has 1 aromatic carbocycles. The molecule has 1 aliphatic rings. The highest BCUT2D eigenvalue weighted by Crippen LogP contribution is 2.21. The zero-order valence-corrected chi connectivity index (χ0v) is 12.0. The molecule has 1 aromatic heterocycles. The number of hydrogen-bond acceptors (Lipinski definition) is 4. The van der Waals surface area contributed by atoms with Crippen LogP contribution in [0, 0.1) is 0 Å². The van der Waals surface area contributed by atoms with Crippen molar-refractivity contribution in [2.75, 3.05) is 11.9 Å². The lowest BCUT2D eigenvalue weighted by atomic mass is 10.1. The van der Waals surface area contributed by atoms with Crippen molar-refractivity contribution in [2.24, 2.45) is 7.05 Å². The number of nitrogens with one attached hydrogen (secondary N) is 2. The third-order valence-corrected chi connectivity index (χ3v) is 3.68. The number of anilines is 1. The molecule has 2 heterocycles. The zero-order chi connectivity index (χ0) is 14.7. The van der Waals surface area contributed by atoms with Crippen LogP contribution >= 0.6 is 0 Å². The number of fused-ring (bicyclic) bond motifs is 1. The second-order valence-electron chi connectivity index (χ2n) is 5.28. The van der Waals surface area contributed by atoms with Gasteiger partial charge in [-0.15, -0.1) is 0 Å². The van der Waals surface area contributed by atoms with Crippen LogP contribution in [0.3, 0.4) is 0 Å². The minimum atomic E-state index is -0.166. The summed E-state index contributed by atoms with van der Waals surface area (Å²) in [6, 6.07) is 7.80. The Hall–Kier alpha value is -2.21. The fourth-order valence-electron chi connectivity index (χ4n) is 2.56. The Kier molecular flexibility index (Phi) is 3.96. The van der Waals surface area contributed by atoms with Crippen molar-refractivity contribution in [1.82, 2.24) is 20.1 Å². The highest BCUT2D eigenvalue weighted by molar-refractivity contribution is 5.96. The summed E-state index contributed by atoms with van der Waals surface area (Å²) in [5, 5.41) is 10.5. The molecular formula is C15H19N5O. The van der Waals surface area contributed by atoms with E-state index in [1.807, 2.05) is 25.2 Å². The molecular weight excluding hydrogens is 266 g/mol. The van der Waals surface area contributed by atoms with E-state index in [1.54, 1.807) is 11.0 Å². The van der Waals surface area contributed by atoms with Gasteiger partial charge in [-0.1, -0.05) is 18.2 Å². The minimum absolute atomic E-state index is 0.0360. The maximum atomic E-state index is 12.2. The summed E-state index contributed by atoms with van der Waals surface area (Å²) in [5.41, 5.74) is 2.12. The predicted molar refractivity (Wildman–Crippen MR) is 79.9 cm³/mol. The maximum Gasteiger partial charge on any atom is 0.241 e. The van der Waals surface area contributed by atoms with Crippen LogP contribution in [0.4, 0.5) is 5.69 Å². The van der Waals surface area contributed by atoms with Gasteiger partial charge in [-0.2, -0.15) is 5.10 Å².